The molecule has 70 valence electrons. The van der Waals surface area contributed by atoms with E-state index in [2.05, 4.69) is 4.40 Å². The first-order valence-electron chi connectivity index (χ1n) is 2.76. The number of isocyanates is 1. The monoisotopic (exact) mass is 213 g/mol. The maximum Gasteiger partial charge on any atom is 0.264 e. The Balaban J connectivity index is 4.41. The molecule has 0 radical (unpaired) electrons. The summed E-state index contributed by atoms with van der Waals surface area (Å²) in [6.45, 7) is 0. The topological polar surface area (TPSA) is 97.7 Å². The number of hydrogen-bond donors (Lipinski definition) is 0. The van der Waals surface area contributed by atoms with Crippen molar-refractivity contribution in [3.63, 3.8) is 0 Å². The van der Waals surface area contributed by atoms with E-state index in [0.717, 1.165) is 12.3 Å². The van der Waals surface area contributed by atoms with Gasteiger partial charge in [0.2, 0.25) is 0 Å². The Morgan fingerprint density at radius 3 is 2.00 bits per heavy atom. The van der Waals surface area contributed by atoms with Crippen molar-refractivity contribution in [3.8, 4) is 0 Å². The second-order valence-corrected chi connectivity index (χ2v) is 6.11. The third-order valence-corrected chi connectivity index (χ3v) is 3.17. The highest BCUT2D eigenvalue weighted by Crippen LogP contribution is 1.93. The Morgan fingerprint density at radius 2 is 1.67 bits per heavy atom. The van der Waals surface area contributed by atoms with Crippen LogP contribution in [-0.2, 0) is 24.7 Å². The lowest BCUT2D eigenvalue weighted by Crippen LogP contribution is -2.14. The van der Waals surface area contributed by atoms with Gasteiger partial charge in [-0.05, 0) is 0 Å². The summed E-state index contributed by atoms with van der Waals surface area (Å²) in [5.74, 6) is -1.22. The van der Waals surface area contributed by atoms with Crippen molar-refractivity contribution >= 4 is 25.9 Å². The van der Waals surface area contributed by atoms with Gasteiger partial charge < -0.3 is 0 Å². The van der Waals surface area contributed by atoms with Crippen LogP contribution in [0.3, 0.4) is 0 Å². The van der Waals surface area contributed by atoms with Crippen molar-refractivity contribution in [1.29, 1.82) is 0 Å². The number of nitrogens with zero attached hydrogens (tertiary/aromatic N) is 1. The molecule has 0 unspecified atom stereocenters. The van der Waals surface area contributed by atoms with E-state index in [1.54, 1.807) is 0 Å². The minimum absolute atomic E-state index is 0.541. The number of hydrogen-bond acceptors (Lipinski definition) is 5. The number of carbonyl (C=O) groups excluding carboxylic acids is 1. The molecule has 0 saturated carbocycles. The molecule has 0 bridgehead atoms. The van der Waals surface area contributed by atoms with Crippen molar-refractivity contribution in [3.05, 3.63) is 0 Å². The van der Waals surface area contributed by atoms with Crippen LogP contribution in [0.25, 0.3) is 0 Å². The Labute approximate surface area is 70.3 Å². The summed E-state index contributed by atoms with van der Waals surface area (Å²) >= 11 is 0. The quantitative estimate of drug-likeness (QED) is 0.427. The fourth-order valence-electron chi connectivity index (χ4n) is 0.359. The van der Waals surface area contributed by atoms with Crippen LogP contribution in [-0.4, -0.2) is 40.7 Å². The Morgan fingerprint density at radius 1 is 1.17 bits per heavy atom. The third-order valence-electron chi connectivity index (χ3n) is 0.888. The summed E-state index contributed by atoms with van der Waals surface area (Å²) in [6, 6.07) is 0. The molecule has 0 amide bonds. The molecule has 0 aliphatic heterocycles. The van der Waals surface area contributed by atoms with Crippen LogP contribution in [0.4, 0.5) is 0 Å². The fraction of sp³-hybridized carbons (Fsp3) is 0.750. The van der Waals surface area contributed by atoms with Crippen LogP contribution >= 0.6 is 0 Å². The van der Waals surface area contributed by atoms with Crippen LogP contribution in [0, 0.1) is 0 Å². The predicted octanol–water partition coefficient (Wildman–Crippen LogP) is -1.30. The average Bonchev–Trinajstić information content (AvgIpc) is 1.83. The molecule has 0 saturated heterocycles. The van der Waals surface area contributed by atoms with E-state index in [4.69, 9.17) is 0 Å². The van der Waals surface area contributed by atoms with Gasteiger partial charge in [-0.2, -0.15) is 0 Å². The van der Waals surface area contributed by atoms with E-state index in [9.17, 15) is 21.6 Å². The minimum atomic E-state index is -3.94. The smallest absolute Gasteiger partial charge is 0.229 e. The summed E-state index contributed by atoms with van der Waals surface area (Å²) in [4.78, 5) is 9.52. The van der Waals surface area contributed by atoms with Crippen molar-refractivity contribution in [2.24, 2.45) is 4.40 Å². The van der Waals surface area contributed by atoms with Gasteiger partial charge in [0, 0.05) is 6.26 Å². The first-order valence-corrected chi connectivity index (χ1v) is 6.43. The molecule has 0 aromatic rings. The van der Waals surface area contributed by atoms with Gasteiger partial charge >= 0.3 is 0 Å². The zero-order valence-electron chi connectivity index (χ0n) is 6.22. The van der Waals surface area contributed by atoms with Crippen molar-refractivity contribution in [1.82, 2.24) is 0 Å². The average molecular weight is 213 g/mol. The minimum Gasteiger partial charge on any atom is -0.229 e. The highest BCUT2D eigenvalue weighted by atomic mass is 32.2. The molecule has 6 nitrogen and oxygen atoms in total. The zero-order valence-corrected chi connectivity index (χ0v) is 7.85. The molecule has 0 fully saturated rings. The van der Waals surface area contributed by atoms with E-state index in [1.165, 1.54) is 0 Å². The van der Waals surface area contributed by atoms with Gasteiger partial charge in [0.25, 0.3) is 16.1 Å². The maximum atomic E-state index is 10.6. The normalized spacial score (nSPS) is 12.1. The SMILES string of the molecule is CS(=O)(=O)CCS(=O)(=O)N=C=O. The van der Waals surface area contributed by atoms with Crippen molar-refractivity contribution in [2.45, 2.75) is 0 Å². The van der Waals surface area contributed by atoms with Crippen LogP contribution in [0.15, 0.2) is 4.40 Å². The standard InChI is InChI=1S/C4H7NO5S2/c1-11(7,8)2-3-12(9,10)5-4-6/h2-3H2,1H3. The van der Waals surface area contributed by atoms with Gasteiger partial charge in [0.05, 0.1) is 11.5 Å². The van der Waals surface area contributed by atoms with E-state index >= 15 is 0 Å². The van der Waals surface area contributed by atoms with Gasteiger partial charge in [0.15, 0.2) is 0 Å². The summed E-state index contributed by atoms with van der Waals surface area (Å²) < 4.78 is 44.6. The summed E-state index contributed by atoms with van der Waals surface area (Å²) in [5.41, 5.74) is 0. The number of sulfone groups is 1. The van der Waals surface area contributed by atoms with Gasteiger partial charge in [-0.3, -0.25) is 0 Å². The molecule has 0 rings (SSSR count). The van der Waals surface area contributed by atoms with E-state index < -0.39 is 31.4 Å². The van der Waals surface area contributed by atoms with E-state index in [0.29, 0.717) is 0 Å². The molecule has 0 aliphatic rings. The van der Waals surface area contributed by atoms with E-state index in [1.807, 2.05) is 0 Å². The second-order valence-electron chi connectivity index (χ2n) is 2.10. The molecule has 0 N–H and O–H groups in total. The van der Waals surface area contributed by atoms with Gasteiger partial charge in [0.1, 0.15) is 9.84 Å². The Hall–Kier alpha value is -0.720. The largest absolute Gasteiger partial charge is 0.264 e. The first kappa shape index (κ1) is 11.3. The lowest BCUT2D eigenvalue weighted by atomic mass is 11.0. The fourth-order valence-corrected chi connectivity index (χ4v) is 2.62. The first-order chi connectivity index (χ1) is 5.27. The predicted molar refractivity (Wildman–Crippen MR) is 41.6 cm³/mol. The Kier molecular flexibility index (Phi) is 3.56. The van der Waals surface area contributed by atoms with Crippen molar-refractivity contribution < 1.29 is 21.6 Å². The molecule has 0 aliphatic carbocycles. The van der Waals surface area contributed by atoms with Crippen LogP contribution in [0.5, 0.6) is 0 Å². The van der Waals surface area contributed by atoms with Gasteiger partial charge in [-0.25, -0.2) is 21.6 Å². The second kappa shape index (κ2) is 3.79. The molecular formula is C4H7NO5S2. The summed E-state index contributed by atoms with van der Waals surface area (Å²) in [7, 11) is -7.29. The molecule has 0 spiro atoms. The summed E-state index contributed by atoms with van der Waals surface area (Å²) in [5, 5.41) is 0. The van der Waals surface area contributed by atoms with Crippen LogP contribution < -0.4 is 0 Å². The lowest BCUT2D eigenvalue weighted by molar-refractivity contribution is 0.563. The van der Waals surface area contributed by atoms with E-state index in [-0.39, 0.29) is 0 Å². The maximum absolute atomic E-state index is 10.6. The highest BCUT2D eigenvalue weighted by Gasteiger charge is 2.12. The van der Waals surface area contributed by atoms with Crippen molar-refractivity contribution in [2.75, 3.05) is 17.8 Å². The Bertz CT molecular complexity index is 385. The molecule has 0 heterocycles. The van der Waals surface area contributed by atoms with Crippen LogP contribution in [0.1, 0.15) is 0 Å². The molecule has 0 aromatic carbocycles. The number of sulfonamides is 1. The number of rotatable bonds is 4. The zero-order chi connectivity index (χ0) is 9.83. The lowest BCUT2D eigenvalue weighted by Gasteiger charge is -1.93. The third kappa shape index (κ3) is 6.02. The molecule has 12 heavy (non-hydrogen) atoms. The summed E-state index contributed by atoms with van der Waals surface area (Å²) in [6.07, 6.45) is 1.73. The highest BCUT2D eigenvalue weighted by molar-refractivity contribution is 7.94. The van der Waals surface area contributed by atoms with Crippen LogP contribution in [0.2, 0.25) is 0 Å². The molecule has 8 heteroatoms. The molecule has 0 aromatic heterocycles. The van der Waals surface area contributed by atoms with Gasteiger partial charge in [-0.15, -0.1) is 0 Å². The molecular weight excluding hydrogens is 206 g/mol. The van der Waals surface area contributed by atoms with Gasteiger partial charge in [-0.1, -0.05) is 4.40 Å². The molecule has 0 atom stereocenters.